The van der Waals surface area contributed by atoms with Crippen LogP contribution in [-0.2, 0) is 32.0 Å². The monoisotopic (exact) mass is 678 g/mol. The van der Waals surface area contributed by atoms with Gasteiger partial charge in [0, 0.05) is 13.1 Å². The number of carbonyl (C=O) groups is 4. The van der Waals surface area contributed by atoms with Crippen LogP contribution in [0.15, 0.2) is 70.6 Å². The Bertz CT molecular complexity index is 1160. The Balaban J connectivity index is 0. The van der Waals surface area contributed by atoms with Crippen LogP contribution >= 0.6 is 0 Å². The molecule has 0 heterocycles. The molecule has 4 atom stereocenters. The predicted octanol–water partition coefficient (Wildman–Crippen LogP) is -1.81. The largest absolute Gasteiger partial charge is 0.480 e. The highest BCUT2D eigenvalue weighted by Gasteiger charge is 2.12. The molecule has 0 unspecified atom stereocenters. The average molecular weight is 679 g/mol. The van der Waals surface area contributed by atoms with Gasteiger partial charge in [-0.2, -0.15) is 0 Å². The summed E-state index contributed by atoms with van der Waals surface area (Å²) < 4.78 is 0. The summed E-state index contributed by atoms with van der Waals surface area (Å²) in [6, 6.07) is 15.4. The fourth-order valence-electron chi connectivity index (χ4n) is 3.20. The standard InChI is InChI=1S/2C9H11NO2.2C6H14N4O2/c2*10-8(9(11)12)6-7-4-2-1-3-5-7;2*7-4(5(11)12)2-1-3-10-6(8)9/h2*1-5,8H,6,10H2,(H,11,12);2*4H,1-3,7H2,(H,11,12)(H4,8,9,10)/t2*8-;2*4-/m0000/s1. The summed E-state index contributed by atoms with van der Waals surface area (Å²) in [6.45, 7) is 0.840. The summed E-state index contributed by atoms with van der Waals surface area (Å²) >= 11 is 0. The maximum Gasteiger partial charge on any atom is 0.320 e. The first-order valence-electron chi connectivity index (χ1n) is 14.6. The summed E-state index contributed by atoms with van der Waals surface area (Å²) in [4.78, 5) is 48.6. The molecule has 0 saturated heterocycles. The summed E-state index contributed by atoms with van der Waals surface area (Å²) in [5.41, 5.74) is 43.2. The number of rotatable bonds is 16. The molecule has 0 spiro atoms. The zero-order valence-electron chi connectivity index (χ0n) is 26.7. The molecule has 0 radical (unpaired) electrons. The van der Waals surface area contributed by atoms with Gasteiger partial charge in [-0.15, -0.1) is 0 Å². The normalized spacial score (nSPS) is 12.2. The molecule has 18 nitrogen and oxygen atoms in total. The van der Waals surface area contributed by atoms with Gasteiger partial charge in [0.1, 0.15) is 24.2 Å². The zero-order chi connectivity index (χ0) is 37.1. The van der Waals surface area contributed by atoms with Crippen molar-refractivity contribution in [1.29, 1.82) is 0 Å². The number of hydrogen-bond donors (Lipinski definition) is 12. The Morgan fingerprint density at radius 1 is 0.500 bits per heavy atom. The molecule has 20 N–H and O–H groups in total. The van der Waals surface area contributed by atoms with E-state index in [2.05, 4.69) is 9.98 Å². The summed E-state index contributed by atoms with van der Waals surface area (Å²) in [5, 5.41) is 33.8. The molecular weight excluding hydrogens is 628 g/mol. The molecule has 0 fully saturated rings. The first-order chi connectivity index (χ1) is 22.5. The lowest BCUT2D eigenvalue weighted by Gasteiger charge is -2.04. The molecule has 0 aliphatic rings. The van der Waals surface area contributed by atoms with Crippen LogP contribution in [0.1, 0.15) is 36.8 Å². The van der Waals surface area contributed by atoms with Crippen molar-refractivity contribution in [3.05, 3.63) is 71.8 Å². The van der Waals surface area contributed by atoms with Gasteiger partial charge in [0.05, 0.1) is 0 Å². The van der Waals surface area contributed by atoms with Crippen molar-refractivity contribution in [2.24, 2.45) is 55.9 Å². The molecule has 268 valence electrons. The second-order valence-electron chi connectivity index (χ2n) is 10.1. The molecule has 0 amide bonds. The number of nitrogens with two attached hydrogens (primary N) is 8. The highest BCUT2D eigenvalue weighted by Crippen LogP contribution is 2.02. The van der Waals surface area contributed by atoms with Crippen LogP contribution in [0.3, 0.4) is 0 Å². The zero-order valence-corrected chi connectivity index (χ0v) is 26.7. The van der Waals surface area contributed by atoms with Crippen LogP contribution in [-0.4, -0.2) is 93.5 Å². The van der Waals surface area contributed by atoms with Crippen LogP contribution in [0.4, 0.5) is 0 Å². The Morgan fingerprint density at radius 2 is 0.771 bits per heavy atom. The molecule has 0 bridgehead atoms. The number of aliphatic carboxylic acids is 4. The minimum Gasteiger partial charge on any atom is -0.480 e. The summed E-state index contributed by atoms with van der Waals surface area (Å²) in [7, 11) is 0. The number of guanidine groups is 2. The molecule has 0 saturated carbocycles. The molecule has 2 rings (SSSR count). The van der Waals surface area contributed by atoms with E-state index in [-0.39, 0.29) is 11.9 Å². The van der Waals surface area contributed by atoms with E-state index in [1.165, 1.54) is 0 Å². The minimum absolute atomic E-state index is 0.0129. The van der Waals surface area contributed by atoms with Gasteiger partial charge in [-0.3, -0.25) is 29.2 Å². The number of nitrogens with zero attached hydrogens (tertiary/aromatic N) is 2. The van der Waals surface area contributed by atoms with E-state index in [1.807, 2.05) is 60.7 Å². The number of aliphatic imine (C=N–C) groups is 2. The van der Waals surface area contributed by atoms with Gasteiger partial charge in [-0.05, 0) is 49.7 Å². The molecule has 0 aromatic heterocycles. The Hall–Kier alpha value is -5.30. The van der Waals surface area contributed by atoms with Gasteiger partial charge in [-0.1, -0.05) is 60.7 Å². The minimum atomic E-state index is -1.00. The van der Waals surface area contributed by atoms with Gasteiger partial charge in [0.2, 0.25) is 0 Å². The molecule has 0 aliphatic carbocycles. The highest BCUT2D eigenvalue weighted by molar-refractivity contribution is 5.76. The lowest BCUT2D eigenvalue weighted by atomic mass is 10.1. The lowest BCUT2D eigenvalue weighted by Crippen LogP contribution is -2.32. The third-order valence-electron chi connectivity index (χ3n) is 5.80. The van der Waals surface area contributed by atoms with Crippen LogP contribution in [0.5, 0.6) is 0 Å². The SMILES string of the molecule is NC(N)=NCCC[C@H](N)C(=O)O.NC(N)=NCCC[C@H](N)C(=O)O.N[C@@H](Cc1ccccc1)C(=O)O.N[C@@H](Cc1ccccc1)C(=O)O. The Kier molecular flexibility index (Phi) is 25.1. The number of carboxylic acids is 4. The van der Waals surface area contributed by atoms with Crippen LogP contribution in [0, 0.1) is 0 Å². The maximum absolute atomic E-state index is 10.4. The van der Waals surface area contributed by atoms with Gasteiger partial charge in [0.15, 0.2) is 11.9 Å². The Morgan fingerprint density at radius 3 is 1.00 bits per heavy atom. The van der Waals surface area contributed by atoms with Crippen LogP contribution in [0.25, 0.3) is 0 Å². The quantitative estimate of drug-likeness (QED) is 0.0528. The predicted molar refractivity (Wildman–Crippen MR) is 183 cm³/mol. The molecular formula is C30H50N10O8. The van der Waals surface area contributed by atoms with Crippen molar-refractivity contribution >= 4 is 35.8 Å². The molecule has 2 aromatic rings. The number of hydrogen-bond acceptors (Lipinski definition) is 10. The van der Waals surface area contributed by atoms with Crippen molar-refractivity contribution in [3.63, 3.8) is 0 Å². The fourth-order valence-corrected chi connectivity index (χ4v) is 3.20. The number of benzene rings is 2. The second-order valence-corrected chi connectivity index (χ2v) is 10.1. The van der Waals surface area contributed by atoms with Crippen molar-refractivity contribution in [2.45, 2.75) is 62.7 Å². The van der Waals surface area contributed by atoms with Gasteiger partial charge >= 0.3 is 23.9 Å². The Labute approximate surface area is 278 Å². The summed E-state index contributed by atoms with van der Waals surface area (Å²) in [5.74, 6) is -3.89. The van der Waals surface area contributed by atoms with E-state index < -0.39 is 48.0 Å². The van der Waals surface area contributed by atoms with Gasteiger partial charge in [0.25, 0.3) is 0 Å². The molecule has 2 aromatic carbocycles. The van der Waals surface area contributed by atoms with E-state index in [4.69, 9.17) is 66.3 Å². The first kappa shape index (κ1) is 44.8. The highest BCUT2D eigenvalue weighted by atomic mass is 16.4. The first-order valence-corrected chi connectivity index (χ1v) is 14.6. The van der Waals surface area contributed by atoms with E-state index in [9.17, 15) is 19.2 Å². The fraction of sp³-hybridized carbons (Fsp3) is 0.400. The van der Waals surface area contributed by atoms with Crippen molar-refractivity contribution in [2.75, 3.05) is 13.1 Å². The van der Waals surface area contributed by atoms with Crippen molar-refractivity contribution < 1.29 is 39.6 Å². The van der Waals surface area contributed by atoms with E-state index in [0.717, 1.165) is 11.1 Å². The third kappa shape index (κ3) is 27.0. The molecule has 18 heteroatoms. The van der Waals surface area contributed by atoms with Gasteiger partial charge in [-0.25, -0.2) is 0 Å². The topological polar surface area (TPSA) is 382 Å². The van der Waals surface area contributed by atoms with E-state index in [0.29, 0.717) is 51.6 Å². The van der Waals surface area contributed by atoms with Gasteiger partial charge < -0.3 is 66.3 Å². The maximum atomic E-state index is 10.4. The van der Waals surface area contributed by atoms with Crippen molar-refractivity contribution in [1.82, 2.24) is 0 Å². The molecule has 0 aliphatic heterocycles. The van der Waals surface area contributed by atoms with E-state index in [1.54, 1.807) is 0 Å². The number of carboxylic acid groups (broad SMARTS) is 4. The van der Waals surface area contributed by atoms with E-state index >= 15 is 0 Å². The smallest absolute Gasteiger partial charge is 0.320 e. The molecule has 48 heavy (non-hydrogen) atoms. The van der Waals surface area contributed by atoms with Crippen molar-refractivity contribution in [3.8, 4) is 0 Å². The second kappa shape index (κ2) is 26.9. The summed E-state index contributed by atoms with van der Waals surface area (Å²) in [6.07, 6.45) is 2.68. The average Bonchev–Trinajstić information content (AvgIpc) is 3.02. The van der Waals surface area contributed by atoms with Crippen LogP contribution < -0.4 is 45.9 Å². The lowest BCUT2D eigenvalue weighted by molar-refractivity contribution is -0.139. The third-order valence-corrected chi connectivity index (χ3v) is 5.80. The van der Waals surface area contributed by atoms with Crippen LogP contribution in [0.2, 0.25) is 0 Å².